The van der Waals surface area contributed by atoms with Crippen molar-refractivity contribution < 1.29 is 4.42 Å². The average Bonchev–Trinajstić information content (AvgIpc) is 3.86. The maximum atomic E-state index is 6.77. The van der Waals surface area contributed by atoms with Crippen LogP contribution in [0.2, 0.25) is 0 Å². The zero-order valence-electron chi connectivity index (χ0n) is 29.8. The molecule has 0 spiro atoms. The lowest BCUT2D eigenvalue weighted by Gasteiger charge is -2.26. The molecule has 0 amide bonds. The second-order valence-electron chi connectivity index (χ2n) is 14.0. The summed E-state index contributed by atoms with van der Waals surface area (Å²) in [5.41, 5.74) is 11.4. The molecule has 0 radical (unpaired) electrons. The van der Waals surface area contributed by atoms with Crippen molar-refractivity contribution in [3.05, 3.63) is 200 Å². The largest absolute Gasteiger partial charge is 0.434 e. The van der Waals surface area contributed by atoms with Gasteiger partial charge in [0.15, 0.2) is 5.58 Å². The van der Waals surface area contributed by atoms with Crippen molar-refractivity contribution in [1.29, 1.82) is 0 Å². The number of nitrogens with zero attached hydrogens (tertiary/aromatic N) is 3. The van der Waals surface area contributed by atoms with E-state index in [-0.39, 0.29) is 0 Å². The molecule has 2 aromatic heterocycles. The summed E-state index contributed by atoms with van der Waals surface area (Å²) in [5, 5.41) is 7.07. The maximum absolute atomic E-state index is 6.77. The van der Waals surface area contributed by atoms with E-state index < -0.39 is 0 Å². The number of oxazole rings is 1. The van der Waals surface area contributed by atoms with Crippen LogP contribution in [-0.4, -0.2) is 9.55 Å². The molecule has 4 nitrogen and oxygen atoms in total. The highest BCUT2D eigenvalue weighted by Gasteiger charge is 2.23. The number of aromatic nitrogens is 2. The van der Waals surface area contributed by atoms with E-state index in [2.05, 4.69) is 179 Å². The van der Waals surface area contributed by atoms with Crippen molar-refractivity contribution in [3.8, 4) is 28.3 Å². The van der Waals surface area contributed by atoms with Gasteiger partial charge < -0.3 is 13.9 Å². The standard InChI is InChI=1S/C51H33N3O/c1-3-14-36(15-4-1)51-52-48-44-20-10-9-19-43(44)47-45-21-11-12-22-46(45)54(49(47)50(48)55-51)42-31-29-41(30-32-42)53(39-17-5-2-6-18-39)40-27-25-35(26-28-40)38-24-23-34-13-7-8-16-37(34)33-38/h1-33H. The van der Waals surface area contributed by atoms with Gasteiger partial charge in [0, 0.05) is 44.5 Å². The summed E-state index contributed by atoms with van der Waals surface area (Å²) in [4.78, 5) is 7.44. The molecule has 9 aromatic carbocycles. The van der Waals surface area contributed by atoms with Crippen LogP contribution >= 0.6 is 0 Å². The first-order valence-electron chi connectivity index (χ1n) is 18.6. The summed E-state index contributed by atoms with van der Waals surface area (Å²) in [6, 6.07) is 70.9. The second-order valence-corrected chi connectivity index (χ2v) is 14.0. The minimum Gasteiger partial charge on any atom is -0.434 e. The van der Waals surface area contributed by atoms with Crippen LogP contribution in [0.4, 0.5) is 17.1 Å². The van der Waals surface area contributed by atoms with Gasteiger partial charge in [-0.2, -0.15) is 0 Å². The van der Waals surface area contributed by atoms with Gasteiger partial charge in [0.25, 0.3) is 0 Å². The number of rotatable bonds is 6. The fourth-order valence-corrected chi connectivity index (χ4v) is 8.22. The molecule has 55 heavy (non-hydrogen) atoms. The fraction of sp³-hybridized carbons (Fsp3) is 0. The zero-order chi connectivity index (χ0) is 36.3. The van der Waals surface area contributed by atoms with Crippen molar-refractivity contribution >= 4 is 71.5 Å². The van der Waals surface area contributed by atoms with E-state index in [1.165, 1.54) is 27.3 Å². The lowest BCUT2D eigenvalue weighted by molar-refractivity contribution is 0.622. The van der Waals surface area contributed by atoms with Crippen molar-refractivity contribution in [2.75, 3.05) is 4.90 Å². The predicted octanol–water partition coefficient (Wildman–Crippen LogP) is 14.0. The van der Waals surface area contributed by atoms with E-state index in [0.29, 0.717) is 5.89 Å². The summed E-state index contributed by atoms with van der Waals surface area (Å²) in [7, 11) is 0. The number of anilines is 3. The Kier molecular flexibility index (Phi) is 7.14. The third kappa shape index (κ3) is 5.11. The molecule has 11 rings (SSSR count). The van der Waals surface area contributed by atoms with Gasteiger partial charge in [-0.15, -0.1) is 0 Å². The lowest BCUT2D eigenvalue weighted by Crippen LogP contribution is -2.10. The molecule has 0 aliphatic carbocycles. The molecule has 0 saturated heterocycles. The topological polar surface area (TPSA) is 34.2 Å². The molecule has 258 valence electrons. The highest BCUT2D eigenvalue weighted by molar-refractivity contribution is 6.30. The van der Waals surface area contributed by atoms with E-state index in [9.17, 15) is 0 Å². The van der Waals surface area contributed by atoms with Gasteiger partial charge in [-0.25, -0.2) is 4.98 Å². The highest BCUT2D eigenvalue weighted by Crippen LogP contribution is 2.44. The molecular formula is C51H33N3O. The molecule has 11 aromatic rings. The highest BCUT2D eigenvalue weighted by atomic mass is 16.3. The second kappa shape index (κ2) is 12.6. The Morgan fingerprint density at radius 1 is 0.436 bits per heavy atom. The summed E-state index contributed by atoms with van der Waals surface area (Å²) in [5.74, 6) is 0.616. The summed E-state index contributed by atoms with van der Waals surface area (Å²) >= 11 is 0. The molecule has 0 atom stereocenters. The number of hydrogen-bond acceptors (Lipinski definition) is 3. The van der Waals surface area contributed by atoms with Crippen LogP contribution < -0.4 is 4.90 Å². The normalized spacial score (nSPS) is 11.6. The van der Waals surface area contributed by atoms with E-state index in [1.54, 1.807) is 0 Å². The quantitative estimate of drug-likeness (QED) is 0.173. The van der Waals surface area contributed by atoms with Gasteiger partial charge in [-0.3, -0.25) is 0 Å². The Labute approximate surface area is 317 Å². The Morgan fingerprint density at radius 3 is 1.78 bits per heavy atom. The first-order valence-corrected chi connectivity index (χ1v) is 18.6. The third-order valence-corrected chi connectivity index (χ3v) is 10.8. The van der Waals surface area contributed by atoms with Crippen LogP contribution in [0.25, 0.3) is 82.7 Å². The van der Waals surface area contributed by atoms with Gasteiger partial charge in [0.1, 0.15) is 11.0 Å². The molecule has 0 saturated carbocycles. The Bertz CT molecular complexity index is 3180. The number of para-hydroxylation sites is 2. The first-order chi connectivity index (χ1) is 27.3. The zero-order valence-corrected chi connectivity index (χ0v) is 29.8. The Morgan fingerprint density at radius 2 is 1.02 bits per heavy atom. The minimum atomic E-state index is 0.616. The van der Waals surface area contributed by atoms with E-state index in [1.807, 2.05) is 30.3 Å². The first kappa shape index (κ1) is 31.1. The Hall–Kier alpha value is -7.43. The van der Waals surface area contributed by atoms with E-state index >= 15 is 0 Å². The van der Waals surface area contributed by atoms with Crippen LogP contribution in [0.1, 0.15) is 0 Å². The molecule has 0 fully saturated rings. The molecule has 0 aliphatic heterocycles. The number of hydrogen-bond donors (Lipinski definition) is 0. The maximum Gasteiger partial charge on any atom is 0.227 e. The van der Waals surface area contributed by atoms with Gasteiger partial charge in [-0.05, 0) is 100 Å². The van der Waals surface area contributed by atoms with E-state index in [4.69, 9.17) is 9.40 Å². The number of fused-ring (bicyclic) bond motifs is 9. The van der Waals surface area contributed by atoms with Crippen LogP contribution in [0.15, 0.2) is 205 Å². The summed E-state index contributed by atoms with van der Waals surface area (Å²) in [6.45, 7) is 0. The molecule has 0 bridgehead atoms. The van der Waals surface area contributed by atoms with Gasteiger partial charge in [0.05, 0.1) is 5.52 Å². The summed E-state index contributed by atoms with van der Waals surface area (Å²) in [6.07, 6.45) is 0. The van der Waals surface area contributed by atoms with Crippen LogP contribution in [-0.2, 0) is 0 Å². The minimum absolute atomic E-state index is 0.616. The number of benzene rings is 9. The van der Waals surface area contributed by atoms with Gasteiger partial charge in [-0.1, -0.05) is 127 Å². The SMILES string of the molecule is c1ccc(-c2nc3c4ccccc4c4c5ccccc5n(-c5ccc(N(c6ccccc6)c6ccc(-c7ccc8ccccc8c7)cc6)cc5)c4c3o2)cc1. The molecular weight excluding hydrogens is 671 g/mol. The fourth-order valence-electron chi connectivity index (χ4n) is 8.22. The predicted molar refractivity (Wildman–Crippen MR) is 229 cm³/mol. The smallest absolute Gasteiger partial charge is 0.227 e. The van der Waals surface area contributed by atoms with Gasteiger partial charge in [0.2, 0.25) is 5.89 Å². The average molecular weight is 704 g/mol. The molecule has 4 heteroatoms. The van der Waals surface area contributed by atoms with Crippen molar-refractivity contribution in [3.63, 3.8) is 0 Å². The third-order valence-electron chi connectivity index (χ3n) is 10.8. The monoisotopic (exact) mass is 703 g/mol. The lowest BCUT2D eigenvalue weighted by atomic mass is 10.0. The van der Waals surface area contributed by atoms with Crippen molar-refractivity contribution in [1.82, 2.24) is 9.55 Å². The van der Waals surface area contributed by atoms with Crippen LogP contribution in [0.3, 0.4) is 0 Å². The van der Waals surface area contributed by atoms with E-state index in [0.717, 1.165) is 66.6 Å². The molecule has 2 heterocycles. The molecule has 0 N–H and O–H groups in total. The van der Waals surface area contributed by atoms with Gasteiger partial charge >= 0.3 is 0 Å². The Balaban J connectivity index is 1.07. The van der Waals surface area contributed by atoms with Crippen LogP contribution in [0, 0.1) is 0 Å². The molecule has 0 unspecified atom stereocenters. The van der Waals surface area contributed by atoms with Crippen molar-refractivity contribution in [2.24, 2.45) is 0 Å². The van der Waals surface area contributed by atoms with Crippen molar-refractivity contribution in [2.45, 2.75) is 0 Å². The summed E-state index contributed by atoms with van der Waals surface area (Å²) < 4.78 is 9.11. The van der Waals surface area contributed by atoms with Crippen LogP contribution in [0.5, 0.6) is 0 Å². The molecule has 0 aliphatic rings.